The molecule has 18 heavy (non-hydrogen) atoms. The van der Waals surface area contributed by atoms with Crippen molar-refractivity contribution in [1.82, 2.24) is 14.1 Å². The third-order valence-corrected chi connectivity index (χ3v) is 6.20. The maximum absolute atomic E-state index is 12.6. The van der Waals surface area contributed by atoms with Crippen LogP contribution >= 0.6 is 11.8 Å². The number of nitrogens with two attached hydrogens (primary N) is 1. The summed E-state index contributed by atoms with van der Waals surface area (Å²) in [5.74, 6) is 1.93. The highest BCUT2D eigenvalue weighted by atomic mass is 32.2. The van der Waals surface area contributed by atoms with E-state index in [0.29, 0.717) is 18.8 Å². The van der Waals surface area contributed by atoms with Gasteiger partial charge in [0.05, 0.1) is 5.69 Å². The largest absolute Gasteiger partial charge is 0.381 e. The van der Waals surface area contributed by atoms with Gasteiger partial charge in [0.25, 0.3) is 0 Å². The van der Waals surface area contributed by atoms with Crippen molar-refractivity contribution in [2.75, 3.05) is 30.3 Å². The first kappa shape index (κ1) is 13.7. The Labute approximate surface area is 112 Å². The third-order valence-electron chi connectivity index (χ3n) is 3.08. The molecule has 0 amide bonds. The molecular weight excluding hydrogens is 272 g/mol. The summed E-state index contributed by atoms with van der Waals surface area (Å²) in [5.41, 5.74) is 6.32. The molecule has 2 rings (SSSR count). The second-order valence-corrected chi connectivity index (χ2v) is 7.39. The molecule has 0 aromatic carbocycles. The van der Waals surface area contributed by atoms with Gasteiger partial charge in [0.15, 0.2) is 5.82 Å². The molecule has 1 fully saturated rings. The monoisotopic (exact) mass is 290 g/mol. The van der Waals surface area contributed by atoms with E-state index in [1.54, 1.807) is 25.7 Å². The Bertz CT molecular complexity index is 530. The van der Waals surface area contributed by atoms with E-state index in [-0.39, 0.29) is 10.7 Å². The van der Waals surface area contributed by atoms with E-state index in [2.05, 4.69) is 5.10 Å². The van der Waals surface area contributed by atoms with Crippen molar-refractivity contribution in [3.05, 3.63) is 5.69 Å². The minimum Gasteiger partial charge on any atom is -0.381 e. The molecule has 2 N–H and O–H groups in total. The van der Waals surface area contributed by atoms with Crippen molar-refractivity contribution in [2.45, 2.75) is 18.2 Å². The number of aryl methyl sites for hydroxylation is 1. The maximum atomic E-state index is 12.6. The Balaban J connectivity index is 2.40. The van der Waals surface area contributed by atoms with Crippen molar-refractivity contribution in [3.8, 4) is 0 Å². The number of hydrogen-bond acceptors (Lipinski definition) is 5. The van der Waals surface area contributed by atoms with E-state index in [4.69, 9.17) is 5.73 Å². The number of rotatable bonds is 2. The van der Waals surface area contributed by atoms with Crippen molar-refractivity contribution in [1.29, 1.82) is 0 Å². The average molecular weight is 290 g/mol. The van der Waals surface area contributed by atoms with Gasteiger partial charge in [0.1, 0.15) is 4.90 Å². The van der Waals surface area contributed by atoms with Gasteiger partial charge in [-0.3, -0.25) is 4.68 Å². The number of thioether (sulfide) groups is 1. The molecule has 0 saturated carbocycles. The van der Waals surface area contributed by atoms with Gasteiger partial charge >= 0.3 is 0 Å². The molecule has 1 aliphatic rings. The predicted molar refractivity (Wildman–Crippen MR) is 73.1 cm³/mol. The first-order valence-electron chi connectivity index (χ1n) is 5.81. The molecule has 1 aliphatic heterocycles. The summed E-state index contributed by atoms with van der Waals surface area (Å²) in [7, 11) is -1.82. The van der Waals surface area contributed by atoms with Crippen LogP contribution in [0.4, 0.5) is 5.82 Å². The summed E-state index contributed by atoms with van der Waals surface area (Å²) < 4.78 is 28.2. The van der Waals surface area contributed by atoms with Gasteiger partial charge in [-0.25, -0.2) is 8.42 Å². The molecule has 0 spiro atoms. The predicted octanol–water partition coefficient (Wildman–Crippen LogP) is 0.438. The van der Waals surface area contributed by atoms with Crippen molar-refractivity contribution in [3.63, 3.8) is 0 Å². The summed E-state index contributed by atoms with van der Waals surface area (Å²) in [6.45, 7) is 2.83. The molecule has 0 atom stereocenters. The van der Waals surface area contributed by atoms with Crippen LogP contribution in [0.2, 0.25) is 0 Å². The molecule has 0 radical (unpaired) electrons. The van der Waals surface area contributed by atoms with Crippen LogP contribution in [0.5, 0.6) is 0 Å². The molecular formula is C10H18N4O2S2. The van der Waals surface area contributed by atoms with Crippen LogP contribution in [0.25, 0.3) is 0 Å². The van der Waals surface area contributed by atoms with Gasteiger partial charge in [-0.1, -0.05) is 0 Å². The quantitative estimate of drug-likeness (QED) is 0.854. The summed E-state index contributed by atoms with van der Waals surface area (Å²) >= 11 is 1.79. The number of sulfonamides is 1. The standard InChI is InChI=1S/C10H18N4O2S2/c1-8-9(10(11)12-13(8)2)18(15,16)14-4-3-6-17-7-5-14/h3-7H2,1-2H3,(H2,11,12). The van der Waals surface area contributed by atoms with Crippen molar-refractivity contribution in [2.24, 2.45) is 7.05 Å². The highest BCUT2D eigenvalue weighted by Crippen LogP contribution is 2.26. The van der Waals surface area contributed by atoms with Crippen LogP contribution < -0.4 is 5.73 Å². The van der Waals surface area contributed by atoms with Gasteiger partial charge < -0.3 is 5.73 Å². The molecule has 1 aromatic heterocycles. The van der Waals surface area contributed by atoms with Gasteiger partial charge in [-0.2, -0.15) is 21.2 Å². The van der Waals surface area contributed by atoms with Crippen LogP contribution in [0.15, 0.2) is 4.90 Å². The van der Waals surface area contributed by atoms with E-state index in [1.165, 1.54) is 8.99 Å². The Kier molecular flexibility index (Phi) is 3.88. The second-order valence-electron chi connectivity index (χ2n) is 4.29. The molecule has 0 aliphatic carbocycles. The fraction of sp³-hybridized carbons (Fsp3) is 0.700. The van der Waals surface area contributed by atoms with Crippen LogP contribution in [-0.4, -0.2) is 47.1 Å². The topological polar surface area (TPSA) is 81.2 Å². The zero-order chi connectivity index (χ0) is 13.3. The maximum Gasteiger partial charge on any atom is 0.248 e. The molecule has 0 unspecified atom stereocenters. The van der Waals surface area contributed by atoms with Crippen molar-refractivity contribution < 1.29 is 8.42 Å². The lowest BCUT2D eigenvalue weighted by Crippen LogP contribution is -2.33. The minimum atomic E-state index is -3.51. The third kappa shape index (κ3) is 2.36. The van der Waals surface area contributed by atoms with Gasteiger partial charge in [0, 0.05) is 25.9 Å². The van der Waals surface area contributed by atoms with Crippen molar-refractivity contribution >= 4 is 27.6 Å². The molecule has 0 bridgehead atoms. The smallest absolute Gasteiger partial charge is 0.248 e. The molecule has 1 saturated heterocycles. The summed E-state index contributed by atoms with van der Waals surface area (Å²) in [4.78, 5) is 0.164. The lowest BCUT2D eigenvalue weighted by atomic mass is 10.5. The second kappa shape index (κ2) is 5.10. The van der Waals surface area contributed by atoms with Crippen LogP contribution in [-0.2, 0) is 17.1 Å². The number of hydrogen-bond donors (Lipinski definition) is 1. The summed E-state index contributed by atoms with van der Waals surface area (Å²) in [6, 6.07) is 0. The van der Waals surface area contributed by atoms with Gasteiger partial charge in [-0.15, -0.1) is 0 Å². The zero-order valence-electron chi connectivity index (χ0n) is 10.6. The van der Waals surface area contributed by atoms with E-state index >= 15 is 0 Å². The molecule has 6 nitrogen and oxygen atoms in total. The molecule has 102 valence electrons. The molecule has 1 aromatic rings. The Morgan fingerprint density at radius 1 is 1.33 bits per heavy atom. The zero-order valence-corrected chi connectivity index (χ0v) is 12.2. The first-order valence-corrected chi connectivity index (χ1v) is 8.41. The Morgan fingerprint density at radius 2 is 2.06 bits per heavy atom. The number of nitrogen functional groups attached to an aromatic ring is 1. The summed E-state index contributed by atoms with van der Waals surface area (Å²) in [5, 5.41) is 3.98. The Hall–Kier alpha value is -0.730. The lowest BCUT2D eigenvalue weighted by molar-refractivity contribution is 0.434. The normalized spacial score (nSPS) is 18.8. The van der Waals surface area contributed by atoms with Crippen LogP contribution in [0, 0.1) is 6.92 Å². The average Bonchev–Trinajstić information content (AvgIpc) is 2.51. The highest BCUT2D eigenvalue weighted by Gasteiger charge is 2.31. The van der Waals surface area contributed by atoms with Crippen LogP contribution in [0.1, 0.15) is 12.1 Å². The van der Waals surface area contributed by atoms with Crippen LogP contribution in [0.3, 0.4) is 0 Å². The van der Waals surface area contributed by atoms with E-state index in [9.17, 15) is 8.42 Å². The number of aromatic nitrogens is 2. The molecule has 2 heterocycles. The Morgan fingerprint density at radius 3 is 2.67 bits per heavy atom. The SMILES string of the molecule is Cc1c(S(=O)(=O)N2CCCSCC2)c(N)nn1C. The van der Waals surface area contributed by atoms with Gasteiger partial charge in [-0.05, 0) is 19.1 Å². The summed E-state index contributed by atoms with van der Waals surface area (Å²) in [6.07, 6.45) is 0.878. The highest BCUT2D eigenvalue weighted by molar-refractivity contribution is 7.99. The van der Waals surface area contributed by atoms with E-state index in [1.807, 2.05) is 0 Å². The van der Waals surface area contributed by atoms with E-state index < -0.39 is 10.0 Å². The first-order chi connectivity index (χ1) is 8.44. The van der Waals surface area contributed by atoms with E-state index in [0.717, 1.165) is 17.9 Å². The van der Waals surface area contributed by atoms with Gasteiger partial charge in [0.2, 0.25) is 10.0 Å². The number of nitrogens with zero attached hydrogens (tertiary/aromatic N) is 3. The lowest BCUT2D eigenvalue weighted by Gasteiger charge is -2.19. The fourth-order valence-corrected chi connectivity index (χ4v) is 4.80. The fourth-order valence-electron chi connectivity index (χ4n) is 2.03. The minimum absolute atomic E-state index is 0.0897. The molecule has 8 heteroatoms. The number of anilines is 1.